The van der Waals surface area contributed by atoms with E-state index in [1.54, 1.807) is 0 Å². The molecule has 2 rings (SSSR count). The number of hydrogen-bond acceptors (Lipinski definition) is 2. The number of carbonyl (C=O) groups excluding carboxylic acids is 1. The van der Waals surface area contributed by atoms with E-state index in [9.17, 15) is 4.79 Å². The lowest BCUT2D eigenvalue weighted by molar-refractivity contribution is -0.126. The van der Waals surface area contributed by atoms with Gasteiger partial charge in [0.1, 0.15) is 6.04 Å². The normalized spacial score (nSPS) is 17.9. The molecule has 0 saturated heterocycles. The summed E-state index contributed by atoms with van der Waals surface area (Å²) in [5.74, 6) is 0.790. The molecule has 0 unspecified atom stereocenters. The Balaban J connectivity index is 1.93. The third kappa shape index (κ3) is 4.07. The Morgan fingerprint density at radius 2 is 1.85 bits per heavy atom. The summed E-state index contributed by atoms with van der Waals surface area (Å²) in [5, 5.41) is 3.15. The van der Waals surface area contributed by atoms with E-state index < -0.39 is 0 Å². The minimum absolute atomic E-state index is 0.117. The zero-order valence-electron chi connectivity index (χ0n) is 12.6. The maximum Gasteiger partial charge on any atom is 0.241 e. The molecule has 0 aliphatic heterocycles. The van der Waals surface area contributed by atoms with Crippen LogP contribution in [0.3, 0.4) is 0 Å². The molecule has 3 heteroatoms. The van der Waals surface area contributed by atoms with Crippen LogP contribution in [0.25, 0.3) is 0 Å². The molecule has 1 N–H and O–H groups in total. The fraction of sp³-hybridized carbons (Fsp3) is 0.588. The standard InChI is InChI=1S/C17H26N2O/c1-19(2)16(15-11-7-4-8-12-15)17(20)18-13-14-9-5-3-6-10-14/h4,7-8,11-12,14,16H,3,5-6,9-10,13H2,1-2H3,(H,18,20)/t16-/m1/s1. The second-order valence-electron chi connectivity index (χ2n) is 6.03. The van der Waals surface area contributed by atoms with Crippen LogP contribution in [0.1, 0.15) is 43.7 Å². The summed E-state index contributed by atoms with van der Waals surface area (Å²) < 4.78 is 0. The van der Waals surface area contributed by atoms with Gasteiger partial charge in [-0.05, 0) is 38.4 Å². The molecule has 0 spiro atoms. The number of amides is 1. The first kappa shape index (κ1) is 15.0. The largest absolute Gasteiger partial charge is 0.354 e. The van der Waals surface area contributed by atoms with Crippen LogP contribution in [0.5, 0.6) is 0 Å². The quantitative estimate of drug-likeness (QED) is 0.895. The van der Waals surface area contributed by atoms with E-state index in [0.717, 1.165) is 12.1 Å². The molecule has 1 atom stereocenters. The minimum Gasteiger partial charge on any atom is -0.354 e. The summed E-state index contributed by atoms with van der Waals surface area (Å²) >= 11 is 0. The van der Waals surface area contributed by atoms with E-state index in [0.29, 0.717) is 5.92 Å². The van der Waals surface area contributed by atoms with Crippen molar-refractivity contribution in [1.82, 2.24) is 10.2 Å². The zero-order valence-corrected chi connectivity index (χ0v) is 12.6. The molecule has 20 heavy (non-hydrogen) atoms. The molecule has 1 fully saturated rings. The molecule has 1 aliphatic carbocycles. The van der Waals surface area contributed by atoms with E-state index in [2.05, 4.69) is 5.32 Å². The molecule has 0 bridgehead atoms. The molecular weight excluding hydrogens is 248 g/mol. The molecular formula is C17H26N2O. The van der Waals surface area contributed by atoms with Gasteiger partial charge in [0.15, 0.2) is 0 Å². The smallest absolute Gasteiger partial charge is 0.241 e. The van der Waals surface area contributed by atoms with Crippen LogP contribution in [0.4, 0.5) is 0 Å². The molecule has 0 radical (unpaired) electrons. The van der Waals surface area contributed by atoms with Crippen molar-refractivity contribution in [3.63, 3.8) is 0 Å². The minimum atomic E-state index is -0.195. The lowest BCUT2D eigenvalue weighted by Gasteiger charge is -2.26. The first-order valence-electron chi connectivity index (χ1n) is 7.67. The molecule has 1 amide bonds. The maximum absolute atomic E-state index is 12.5. The molecule has 110 valence electrons. The van der Waals surface area contributed by atoms with Gasteiger partial charge >= 0.3 is 0 Å². The molecule has 1 aromatic carbocycles. The zero-order chi connectivity index (χ0) is 14.4. The van der Waals surface area contributed by atoms with Gasteiger partial charge in [-0.15, -0.1) is 0 Å². The van der Waals surface area contributed by atoms with Crippen LogP contribution < -0.4 is 5.32 Å². The van der Waals surface area contributed by atoms with E-state index in [1.807, 2.05) is 49.3 Å². The Labute approximate surface area is 122 Å². The third-order valence-electron chi connectivity index (χ3n) is 4.17. The first-order chi connectivity index (χ1) is 9.68. The lowest BCUT2D eigenvalue weighted by Crippen LogP contribution is -2.39. The van der Waals surface area contributed by atoms with Crippen molar-refractivity contribution < 1.29 is 4.79 Å². The Hall–Kier alpha value is -1.35. The van der Waals surface area contributed by atoms with Gasteiger partial charge in [0, 0.05) is 6.54 Å². The molecule has 3 nitrogen and oxygen atoms in total. The summed E-state index contributed by atoms with van der Waals surface area (Å²) in [6.45, 7) is 0.829. The Bertz CT molecular complexity index is 410. The molecule has 1 aliphatic rings. The Kier molecular flexibility index (Phi) is 5.60. The van der Waals surface area contributed by atoms with Crippen molar-refractivity contribution in [2.45, 2.75) is 38.1 Å². The average Bonchev–Trinajstić information content (AvgIpc) is 2.47. The highest BCUT2D eigenvalue weighted by Crippen LogP contribution is 2.23. The summed E-state index contributed by atoms with van der Waals surface area (Å²) in [6.07, 6.45) is 6.51. The number of benzene rings is 1. The number of likely N-dealkylation sites (N-methyl/N-ethyl adjacent to an activating group) is 1. The van der Waals surface area contributed by atoms with Crippen molar-refractivity contribution >= 4 is 5.91 Å². The summed E-state index contributed by atoms with van der Waals surface area (Å²) in [7, 11) is 3.91. The Morgan fingerprint density at radius 3 is 2.45 bits per heavy atom. The van der Waals surface area contributed by atoms with Gasteiger partial charge in [-0.1, -0.05) is 49.6 Å². The van der Waals surface area contributed by atoms with Crippen LogP contribution >= 0.6 is 0 Å². The summed E-state index contributed by atoms with van der Waals surface area (Å²) in [6, 6.07) is 9.80. The SMILES string of the molecule is CN(C)[C@@H](C(=O)NCC1CCCCC1)c1ccccc1. The van der Waals surface area contributed by atoms with Crippen molar-refractivity contribution in [3.05, 3.63) is 35.9 Å². The maximum atomic E-state index is 12.5. The fourth-order valence-electron chi connectivity index (χ4n) is 3.05. The molecule has 1 saturated carbocycles. The fourth-order valence-corrected chi connectivity index (χ4v) is 3.05. The van der Waals surface area contributed by atoms with E-state index in [1.165, 1.54) is 32.1 Å². The predicted octanol–water partition coefficient (Wildman–Crippen LogP) is 2.99. The van der Waals surface area contributed by atoms with Crippen molar-refractivity contribution in [3.8, 4) is 0 Å². The monoisotopic (exact) mass is 274 g/mol. The van der Waals surface area contributed by atoms with E-state index in [4.69, 9.17) is 0 Å². The Morgan fingerprint density at radius 1 is 1.20 bits per heavy atom. The van der Waals surface area contributed by atoms with Crippen molar-refractivity contribution in [1.29, 1.82) is 0 Å². The van der Waals surface area contributed by atoms with Gasteiger partial charge in [0.25, 0.3) is 0 Å². The molecule has 0 heterocycles. The number of rotatable bonds is 5. The second kappa shape index (κ2) is 7.44. The van der Waals surface area contributed by atoms with Crippen molar-refractivity contribution in [2.24, 2.45) is 5.92 Å². The van der Waals surface area contributed by atoms with Gasteiger partial charge in [-0.3, -0.25) is 9.69 Å². The number of hydrogen-bond donors (Lipinski definition) is 1. The van der Waals surface area contributed by atoms with Gasteiger partial charge < -0.3 is 5.32 Å². The van der Waals surface area contributed by atoms with Gasteiger partial charge in [-0.25, -0.2) is 0 Å². The summed E-state index contributed by atoms with van der Waals surface area (Å²) in [4.78, 5) is 14.5. The highest BCUT2D eigenvalue weighted by molar-refractivity contribution is 5.83. The highest BCUT2D eigenvalue weighted by Gasteiger charge is 2.23. The number of nitrogens with one attached hydrogen (secondary N) is 1. The molecule has 0 aromatic heterocycles. The van der Waals surface area contributed by atoms with E-state index >= 15 is 0 Å². The summed E-state index contributed by atoms with van der Waals surface area (Å²) in [5.41, 5.74) is 1.05. The van der Waals surface area contributed by atoms with Gasteiger partial charge in [-0.2, -0.15) is 0 Å². The number of carbonyl (C=O) groups is 1. The topological polar surface area (TPSA) is 32.3 Å². The van der Waals surface area contributed by atoms with Crippen LogP contribution in [0.2, 0.25) is 0 Å². The highest BCUT2D eigenvalue weighted by atomic mass is 16.2. The first-order valence-corrected chi connectivity index (χ1v) is 7.67. The third-order valence-corrected chi connectivity index (χ3v) is 4.17. The second-order valence-corrected chi connectivity index (χ2v) is 6.03. The van der Waals surface area contributed by atoms with E-state index in [-0.39, 0.29) is 11.9 Å². The van der Waals surface area contributed by atoms with Crippen molar-refractivity contribution in [2.75, 3.05) is 20.6 Å². The van der Waals surface area contributed by atoms with Crippen LogP contribution in [0.15, 0.2) is 30.3 Å². The molecule has 1 aromatic rings. The van der Waals surface area contributed by atoms with Crippen LogP contribution in [-0.4, -0.2) is 31.4 Å². The predicted molar refractivity (Wildman–Crippen MR) is 82.5 cm³/mol. The van der Waals surface area contributed by atoms with Crippen LogP contribution in [-0.2, 0) is 4.79 Å². The van der Waals surface area contributed by atoms with Gasteiger partial charge in [0.2, 0.25) is 5.91 Å². The van der Waals surface area contributed by atoms with Gasteiger partial charge in [0.05, 0.1) is 0 Å². The number of nitrogens with zero attached hydrogens (tertiary/aromatic N) is 1. The van der Waals surface area contributed by atoms with Crippen LogP contribution in [0, 0.1) is 5.92 Å². The lowest BCUT2D eigenvalue weighted by atomic mass is 9.89. The average molecular weight is 274 g/mol.